The van der Waals surface area contributed by atoms with Crippen LogP contribution >= 0.6 is 11.3 Å². The van der Waals surface area contributed by atoms with Crippen LogP contribution in [0.15, 0.2) is 40.6 Å². The number of nitrogens with zero attached hydrogens (tertiary/aromatic N) is 1. The van der Waals surface area contributed by atoms with Gasteiger partial charge in [-0.3, -0.25) is 4.72 Å². The Morgan fingerprint density at radius 3 is 2.57 bits per heavy atom. The standard InChI is InChI=1S/C16H20N2O3S2/c1-12-11-21-10-9-18(12)15-6-4-14(5-7-15)17-23(19,20)16-8-3-13(2)22-16/h3-8,12,17H,9-11H2,1-2H3. The molecule has 124 valence electrons. The number of rotatable bonds is 4. The zero-order chi connectivity index (χ0) is 16.4. The molecule has 0 spiro atoms. The van der Waals surface area contributed by atoms with Crippen LogP contribution in [-0.2, 0) is 14.8 Å². The summed E-state index contributed by atoms with van der Waals surface area (Å²) < 4.78 is 33.1. The summed E-state index contributed by atoms with van der Waals surface area (Å²) in [6.07, 6.45) is 0. The van der Waals surface area contributed by atoms with E-state index in [1.807, 2.05) is 25.1 Å². The van der Waals surface area contributed by atoms with Crippen LogP contribution < -0.4 is 9.62 Å². The van der Waals surface area contributed by atoms with Gasteiger partial charge in [-0.1, -0.05) is 0 Å². The van der Waals surface area contributed by atoms with Gasteiger partial charge in [0.2, 0.25) is 0 Å². The Labute approximate surface area is 140 Å². The first-order chi connectivity index (χ1) is 11.0. The summed E-state index contributed by atoms with van der Waals surface area (Å²) in [5, 5.41) is 0. The molecule has 7 heteroatoms. The highest BCUT2D eigenvalue weighted by molar-refractivity contribution is 7.94. The smallest absolute Gasteiger partial charge is 0.271 e. The fourth-order valence-corrected chi connectivity index (χ4v) is 4.94. The molecule has 1 saturated heterocycles. The fraction of sp³-hybridized carbons (Fsp3) is 0.375. The molecule has 1 aliphatic heterocycles. The maximum Gasteiger partial charge on any atom is 0.271 e. The van der Waals surface area contributed by atoms with E-state index in [-0.39, 0.29) is 0 Å². The molecular weight excluding hydrogens is 332 g/mol. The lowest BCUT2D eigenvalue weighted by molar-refractivity contribution is 0.0989. The van der Waals surface area contributed by atoms with Crippen molar-refractivity contribution in [3.63, 3.8) is 0 Å². The van der Waals surface area contributed by atoms with Crippen molar-refractivity contribution < 1.29 is 13.2 Å². The lowest BCUT2D eigenvalue weighted by atomic mass is 10.2. The van der Waals surface area contributed by atoms with E-state index in [2.05, 4.69) is 16.5 Å². The van der Waals surface area contributed by atoms with Crippen molar-refractivity contribution in [2.45, 2.75) is 24.1 Å². The van der Waals surface area contributed by atoms with E-state index < -0.39 is 10.0 Å². The third-order valence-corrected chi connectivity index (χ3v) is 6.67. The number of hydrogen-bond acceptors (Lipinski definition) is 5. The summed E-state index contributed by atoms with van der Waals surface area (Å²) >= 11 is 1.27. The van der Waals surface area contributed by atoms with Crippen LogP contribution in [0.3, 0.4) is 0 Å². The molecule has 1 aromatic carbocycles. The lowest BCUT2D eigenvalue weighted by Crippen LogP contribution is -2.43. The summed E-state index contributed by atoms with van der Waals surface area (Å²) in [7, 11) is -3.51. The van der Waals surface area contributed by atoms with Gasteiger partial charge in [0.05, 0.1) is 13.2 Å². The van der Waals surface area contributed by atoms with Crippen molar-refractivity contribution in [3.8, 4) is 0 Å². The first kappa shape index (κ1) is 16.3. The molecule has 2 aromatic rings. The van der Waals surface area contributed by atoms with E-state index in [1.54, 1.807) is 18.2 Å². The Kier molecular flexibility index (Phi) is 4.61. The second kappa shape index (κ2) is 6.51. The van der Waals surface area contributed by atoms with Gasteiger partial charge >= 0.3 is 0 Å². The summed E-state index contributed by atoms with van der Waals surface area (Å²) in [5.41, 5.74) is 1.65. The van der Waals surface area contributed by atoms with Crippen LogP contribution in [0.5, 0.6) is 0 Å². The second-order valence-electron chi connectivity index (χ2n) is 5.63. The van der Waals surface area contributed by atoms with Gasteiger partial charge < -0.3 is 9.64 Å². The van der Waals surface area contributed by atoms with Gasteiger partial charge in [-0.15, -0.1) is 11.3 Å². The monoisotopic (exact) mass is 352 g/mol. The molecule has 3 rings (SSSR count). The van der Waals surface area contributed by atoms with Crippen LogP contribution in [0.25, 0.3) is 0 Å². The molecule has 2 heterocycles. The summed E-state index contributed by atoms with van der Waals surface area (Å²) in [6.45, 7) is 6.29. The lowest BCUT2D eigenvalue weighted by Gasteiger charge is -2.35. The maximum atomic E-state index is 12.3. The normalized spacial score (nSPS) is 18.9. The molecule has 0 bridgehead atoms. The highest BCUT2D eigenvalue weighted by Crippen LogP contribution is 2.26. The number of anilines is 2. The van der Waals surface area contributed by atoms with Gasteiger partial charge in [0.1, 0.15) is 4.21 Å². The third-order valence-electron chi connectivity index (χ3n) is 3.80. The highest BCUT2D eigenvalue weighted by Gasteiger charge is 2.20. The number of nitrogens with one attached hydrogen (secondary N) is 1. The SMILES string of the molecule is Cc1ccc(S(=O)(=O)Nc2ccc(N3CCOCC3C)cc2)s1. The van der Waals surface area contributed by atoms with Crippen molar-refractivity contribution >= 4 is 32.7 Å². The summed E-state index contributed by atoms with van der Waals surface area (Å²) in [6, 6.07) is 11.2. The molecule has 23 heavy (non-hydrogen) atoms. The molecule has 0 saturated carbocycles. The molecule has 5 nitrogen and oxygen atoms in total. The van der Waals surface area contributed by atoms with Crippen LogP contribution in [-0.4, -0.2) is 34.2 Å². The molecule has 1 aromatic heterocycles. The topological polar surface area (TPSA) is 58.6 Å². The van der Waals surface area contributed by atoms with Crippen molar-refractivity contribution in [1.82, 2.24) is 0 Å². The number of thiophene rings is 1. The average molecular weight is 352 g/mol. The van der Waals surface area contributed by atoms with Gasteiger partial charge in [-0.25, -0.2) is 8.42 Å². The Bertz CT molecular complexity index is 769. The van der Waals surface area contributed by atoms with Gasteiger partial charge in [-0.05, 0) is 50.2 Å². The fourth-order valence-electron chi connectivity index (χ4n) is 2.59. The molecule has 1 aliphatic rings. The van der Waals surface area contributed by atoms with Crippen LogP contribution in [0.1, 0.15) is 11.8 Å². The first-order valence-electron chi connectivity index (χ1n) is 7.49. The van der Waals surface area contributed by atoms with Crippen LogP contribution in [0, 0.1) is 6.92 Å². The van der Waals surface area contributed by atoms with Gasteiger partial charge in [0.25, 0.3) is 10.0 Å². The van der Waals surface area contributed by atoms with E-state index in [0.717, 1.165) is 23.7 Å². The number of morpholine rings is 1. The molecule has 1 atom stereocenters. The predicted molar refractivity (Wildman–Crippen MR) is 93.9 cm³/mol. The quantitative estimate of drug-likeness (QED) is 0.919. The van der Waals surface area contributed by atoms with E-state index in [0.29, 0.717) is 22.5 Å². The summed E-state index contributed by atoms with van der Waals surface area (Å²) in [5.74, 6) is 0. The molecule has 1 unspecified atom stereocenters. The average Bonchev–Trinajstić information content (AvgIpc) is 2.96. The maximum absolute atomic E-state index is 12.3. The Morgan fingerprint density at radius 1 is 1.22 bits per heavy atom. The van der Waals surface area contributed by atoms with Crippen molar-refractivity contribution in [1.29, 1.82) is 0 Å². The number of aryl methyl sites for hydroxylation is 1. The Morgan fingerprint density at radius 2 is 1.96 bits per heavy atom. The van der Waals surface area contributed by atoms with Crippen LogP contribution in [0.2, 0.25) is 0 Å². The molecule has 0 radical (unpaired) electrons. The van der Waals surface area contributed by atoms with E-state index in [9.17, 15) is 8.42 Å². The van der Waals surface area contributed by atoms with Crippen molar-refractivity contribution in [3.05, 3.63) is 41.3 Å². The predicted octanol–water partition coefficient (Wildman–Crippen LogP) is 3.08. The number of benzene rings is 1. The molecule has 0 aliphatic carbocycles. The van der Waals surface area contributed by atoms with Crippen molar-refractivity contribution in [2.24, 2.45) is 0 Å². The largest absolute Gasteiger partial charge is 0.377 e. The van der Waals surface area contributed by atoms with Crippen molar-refractivity contribution in [2.75, 3.05) is 29.4 Å². The van der Waals surface area contributed by atoms with Crippen LogP contribution in [0.4, 0.5) is 11.4 Å². The van der Waals surface area contributed by atoms with Gasteiger partial charge in [0.15, 0.2) is 0 Å². The zero-order valence-corrected chi connectivity index (χ0v) is 14.8. The van der Waals surface area contributed by atoms with E-state index >= 15 is 0 Å². The minimum atomic E-state index is -3.51. The number of sulfonamides is 1. The summed E-state index contributed by atoms with van der Waals surface area (Å²) in [4.78, 5) is 3.24. The zero-order valence-electron chi connectivity index (χ0n) is 13.2. The number of ether oxygens (including phenoxy) is 1. The minimum Gasteiger partial charge on any atom is -0.377 e. The Hall–Kier alpha value is -1.57. The minimum absolute atomic E-state index is 0.320. The van der Waals surface area contributed by atoms with Gasteiger partial charge in [0, 0.05) is 28.8 Å². The highest BCUT2D eigenvalue weighted by atomic mass is 32.2. The Balaban J connectivity index is 1.75. The molecular formula is C16H20N2O3S2. The van der Waals surface area contributed by atoms with Gasteiger partial charge in [-0.2, -0.15) is 0 Å². The second-order valence-corrected chi connectivity index (χ2v) is 8.83. The molecule has 0 amide bonds. The van der Waals surface area contributed by atoms with E-state index in [4.69, 9.17) is 4.74 Å². The first-order valence-corrected chi connectivity index (χ1v) is 9.79. The molecule has 1 fully saturated rings. The van der Waals surface area contributed by atoms with E-state index in [1.165, 1.54) is 11.3 Å². The third kappa shape index (κ3) is 3.68. The molecule has 1 N–H and O–H groups in total. The number of hydrogen-bond donors (Lipinski definition) is 1.